The molecule has 0 saturated carbocycles. The Morgan fingerprint density at radius 2 is 1.75 bits per heavy atom. The number of ether oxygens (including phenoxy) is 2. The highest BCUT2D eigenvalue weighted by Gasteiger charge is 2.48. The van der Waals surface area contributed by atoms with Gasteiger partial charge in [0.2, 0.25) is 0 Å². The van der Waals surface area contributed by atoms with Crippen LogP contribution in [-0.4, -0.2) is 51.9 Å². The smallest absolute Gasteiger partial charge is 0.185 e. The molecule has 0 radical (unpaired) electrons. The summed E-state index contributed by atoms with van der Waals surface area (Å²) in [6, 6.07) is 13.4. The van der Waals surface area contributed by atoms with Crippen molar-refractivity contribution in [3.63, 3.8) is 0 Å². The van der Waals surface area contributed by atoms with E-state index in [-0.39, 0.29) is 10.7 Å². The van der Waals surface area contributed by atoms with E-state index in [4.69, 9.17) is 15.2 Å². The number of benzene rings is 2. The summed E-state index contributed by atoms with van der Waals surface area (Å²) in [4.78, 5) is 12.6. The lowest BCUT2D eigenvalue weighted by Gasteiger charge is -2.39. The van der Waals surface area contributed by atoms with E-state index in [1.54, 1.807) is 62.6 Å². The SMILES string of the molecule is COc1ccc(C(=O)CCCNc2ccc(S(=O)(=O)C3(C(C)N)CCOCC3)cc2)cc1. The van der Waals surface area contributed by atoms with Gasteiger partial charge in [-0.2, -0.15) is 0 Å². The summed E-state index contributed by atoms with van der Waals surface area (Å²) >= 11 is 0. The van der Waals surface area contributed by atoms with Crippen molar-refractivity contribution >= 4 is 21.3 Å². The number of hydrogen-bond acceptors (Lipinski definition) is 7. The maximum atomic E-state index is 13.4. The Morgan fingerprint density at radius 3 is 2.31 bits per heavy atom. The summed E-state index contributed by atoms with van der Waals surface area (Å²) in [5.74, 6) is 0.797. The van der Waals surface area contributed by atoms with E-state index in [1.807, 2.05) is 0 Å². The summed E-state index contributed by atoms with van der Waals surface area (Å²) < 4.78 is 36.2. The van der Waals surface area contributed by atoms with Gasteiger partial charge in [0, 0.05) is 43.5 Å². The molecule has 1 fully saturated rings. The van der Waals surface area contributed by atoms with Gasteiger partial charge in [-0.3, -0.25) is 4.79 Å². The van der Waals surface area contributed by atoms with Gasteiger partial charge in [-0.25, -0.2) is 8.42 Å². The summed E-state index contributed by atoms with van der Waals surface area (Å²) in [6.07, 6.45) is 1.88. The van der Waals surface area contributed by atoms with E-state index < -0.39 is 20.6 Å². The molecule has 3 N–H and O–H groups in total. The Bertz CT molecular complexity index is 996. The van der Waals surface area contributed by atoms with Gasteiger partial charge in [0.05, 0.1) is 16.8 Å². The number of anilines is 1. The highest BCUT2D eigenvalue weighted by Crippen LogP contribution is 2.37. The first-order chi connectivity index (χ1) is 15.3. The van der Waals surface area contributed by atoms with Crippen LogP contribution in [0.25, 0.3) is 0 Å². The van der Waals surface area contributed by atoms with Crippen molar-refractivity contribution in [3.8, 4) is 5.75 Å². The van der Waals surface area contributed by atoms with Crippen LogP contribution in [0.15, 0.2) is 53.4 Å². The molecule has 2 aromatic carbocycles. The van der Waals surface area contributed by atoms with Gasteiger partial charge in [-0.1, -0.05) is 0 Å². The van der Waals surface area contributed by atoms with E-state index in [9.17, 15) is 13.2 Å². The normalized spacial score (nSPS) is 16.8. The van der Waals surface area contributed by atoms with Crippen molar-refractivity contribution in [2.24, 2.45) is 5.73 Å². The lowest BCUT2D eigenvalue weighted by atomic mass is 9.92. The van der Waals surface area contributed by atoms with E-state index in [0.29, 0.717) is 51.0 Å². The third-order valence-corrected chi connectivity index (χ3v) is 8.93. The first-order valence-electron chi connectivity index (χ1n) is 10.9. The van der Waals surface area contributed by atoms with E-state index >= 15 is 0 Å². The third kappa shape index (κ3) is 5.14. The Morgan fingerprint density at radius 1 is 1.12 bits per heavy atom. The second-order valence-corrected chi connectivity index (χ2v) is 10.5. The zero-order valence-corrected chi connectivity index (χ0v) is 19.5. The number of methoxy groups -OCH3 is 1. The fraction of sp³-hybridized carbons (Fsp3) is 0.458. The average Bonchev–Trinajstić information content (AvgIpc) is 2.82. The van der Waals surface area contributed by atoms with Gasteiger partial charge in [0.1, 0.15) is 5.75 Å². The second kappa shape index (κ2) is 10.5. The number of ketones is 1. The number of Topliss-reactive ketones (excluding diaryl/α,β-unsaturated/α-hetero) is 1. The van der Waals surface area contributed by atoms with Crippen molar-refractivity contribution in [1.82, 2.24) is 0 Å². The Kier molecular flexibility index (Phi) is 7.92. The fourth-order valence-electron chi connectivity index (χ4n) is 4.08. The third-order valence-electron chi connectivity index (χ3n) is 6.19. The summed E-state index contributed by atoms with van der Waals surface area (Å²) in [5.41, 5.74) is 7.61. The average molecular weight is 461 g/mol. The number of rotatable bonds is 10. The number of carbonyl (C=O) groups is 1. The number of sulfone groups is 1. The lowest BCUT2D eigenvalue weighted by molar-refractivity contribution is 0.0692. The van der Waals surface area contributed by atoms with E-state index in [1.165, 1.54) is 0 Å². The first kappa shape index (κ1) is 24.2. The molecular formula is C24H32N2O5S. The minimum atomic E-state index is -3.60. The molecule has 8 heteroatoms. The number of nitrogens with one attached hydrogen (secondary N) is 1. The maximum Gasteiger partial charge on any atom is 0.185 e. The molecular weight excluding hydrogens is 428 g/mol. The number of nitrogens with two attached hydrogens (primary N) is 1. The van der Waals surface area contributed by atoms with E-state index in [2.05, 4.69) is 5.32 Å². The molecule has 0 amide bonds. The molecule has 3 rings (SSSR count). The quantitative estimate of drug-likeness (QED) is 0.413. The number of hydrogen-bond donors (Lipinski definition) is 2. The molecule has 174 valence electrons. The molecule has 7 nitrogen and oxygen atoms in total. The van der Waals surface area contributed by atoms with Crippen molar-refractivity contribution in [2.45, 2.75) is 48.3 Å². The predicted octanol–water partition coefficient (Wildman–Crippen LogP) is 3.44. The van der Waals surface area contributed by atoms with Crippen LogP contribution >= 0.6 is 0 Å². The molecule has 1 aliphatic rings. The van der Waals surface area contributed by atoms with Crippen molar-refractivity contribution < 1.29 is 22.7 Å². The lowest BCUT2D eigenvalue weighted by Crippen LogP contribution is -2.55. The van der Waals surface area contributed by atoms with Crippen LogP contribution in [0.1, 0.15) is 43.0 Å². The zero-order valence-electron chi connectivity index (χ0n) is 18.7. The highest BCUT2D eigenvalue weighted by molar-refractivity contribution is 7.93. The van der Waals surface area contributed by atoms with Gasteiger partial charge in [-0.15, -0.1) is 0 Å². The van der Waals surface area contributed by atoms with Gasteiger partial charge < -0.3 is 20.5 Å². The second-order valence-electron chi connectivity index (χ2n) is 8.18. The Balaban J connectivity index is 1.55. The van der Waals surface area contributed by atoms with Crippen LogP contribution in [-0.2, 0) is 14.6 Å². The molecule has 1 atom stereocenters. The van der Waals surface area contributed by atoms with E-state index in [0.717, 1.165) is 11.4 Å². The molecule has 32 heavy (non-hydrogen) atoms. The van der Waals surface area contributed by atoms with Crippen LogP contribution in [0.3, 0.4) is 0 Å². The molecule has 0 aromatic heterocycles. The van der Waals surface area contributed by atoms with Gasteiger partial charge in [0.15, 0.2) is 15.6 Å². The van der Waals surface area contributed by atoms with Gasteiger partial charge in [0.25, 0.3) is 0 Å². The van der Waals surface area contributed by atoms with Crippen molar-refractivity contribution in [1.29, 1.82) is 0 Å². The molecule has 1 unspecified atom stereocenters. The van der Waals surface area contributed by atoms with Gasteiger partial charge in [-0.05, 0) is 74.7 Å². The first-order valence-corrected chi connectivity index (χ1v) is 12.4. The van der Waals surface area contributed by atoms with Crippen LogP contribution in [0, 0.1) is 0 Å². The topological polar surface area (TPSA) is 108 Å². The number of carbonyl (C=O) groups excluding carboxylic acids is 1. The van der Waals surface area contributed by atoms with Gasteiger partial charge >= 0.3 is 0 Å². The molecule has 1 aliphatic heterocycles. The Labute approximate surface area is 190 Å². The largest absolute Gasteiger partial charge is 0.497 e. The molecule has 1 heterocycles. The minimum absolute atomic E-state index is 0.0774. The van der Waals surface area contributed by atoms with Crippen LogP contribution in [0.4, 0.5) is 5.69 Å². The molecule has 0 aliphatic carbocycles. The Hall–Kier alpha value is -2.42. The van der Waals surface area contributed by atoms with Crippen LogP contribution in [0.2, 0.25) is 0 Å². The van der Waals surface area contributed by atoms with Crippen LogP contribution < -0.4 is 15.8 Å². The monoisotopic (exact) mass is 460 g/mol. The minimum Gasteiger partial charge on any atom is -0.497 e. The summed E-state index contributed by atoms with van der Waals surface area (Å²) in [5, 5.41) is 3.25. The summed E-state index contributed by atoms with van der Waals surface area (Å²) in [6.45, 7) is 3.16. The molecule has 0 bridgehead atoms. The summed E-state index contributed by atoms with van der Waals surface area (Å²) in [7, 11) is -2.01. The maximum absolute atomic E-state index is 13.4. The standard InChI is InChI=1S/C24H32N2O5S/c1-18(25)24(13-16-31-17-14-24)32(28,29)22-11-7-20(8-12-22)26-15-3-4-23(27)19-5-9-21(30-2)10-6-19/h5-12,18,26H,3-4,13-17,25H2,1-2H3. The molecule has 1 saturated heterocycles. The predicted molar refractivity (Wildman–Crippen MR) is 125 cm³/mol. The van der Waals surface area contributed by atoms with Crippen molar-refractivity contribution in [3.05, 3.63) is 54.1 Å². The zero-order chi connectivity index (χ0) is 23.2. The van der Waals surface area contributed by atoms with Crippen molar-refractivity contribution in [2.75, 3.05) is 32.2 Å². The fourth-order valence-corrected chi connectivity index (χ4v) is 6.23. The highest BCUT2D eigenvalue weighted by atomic mass is 32.2. The molecule has 0 spiro atoms. The molecule has 2 aromatic rings. The van der Waals surface area contributed by atoms with Crippen LogP contribution in [0.5, 0.6) is 5.75 Å².